The third-order valence-corrected chi connectivity index (χ3v) is 3.82. The summed E-state index contributed by atoms with van der Waals surface area (Å²) >= 11 is 0. The van der Waals surface area contributed by atoms with Crippen molar-refractivity contribution < 1.29 is 24.6 Å². The van der Waals surface area contributed by atoms with Crippen LogP contribution in [0.3, 0.4) is 0 Å². The summed E-state index contributed by atoms with van der Waals surface area (Å²) in [5.74, 6) is -1.88. The Balaban J connectivity index is 1.53. The molecule has 0 aliphatic carbocycles. The Hall–Kier alpha value is -4.46. The van der Waals surface area contributed by atoms with E-state index in [4.69, 9.17) is 4.84 Å². The van der Waals surface area contributed by atoms with Crippen LogP contribution in [-0.2, 0) is 9.63 Å². The highest BCUT2D eigenvalue weighted by Crippen LogP contribution is 2.24. The summed E-state index contributed by atoms with van der Waals surface area (Å²) in [7, 11) is 0. The van der Waals surface area contributed by atoms with Crippen LogP contribution in [-0.4, -0.2) is 22.1 Å². The van der Waals surface area contributed by atoms with Crippen LogP contribution in [0.5, 0.6) is 11.5 Å². The first-order chi connectivity index (χ1) is 14.5. The van der Waals surface area contributed by atoms with Crippen LogP contribution in [0.25, 0.3) is 6.08 Å². The Kier molecular flexibility index (Phi) is 6.52. The van der Waals surface area contributed by atoms with Gasteiger partial charge in [-0.2, -0.15) is 0 Å². The average Bonchev–Trinajstić information content (AvgIpc) is 2.76. The lowest BCUT2D eigenvalue weighted by molar-refractivity contribution is -0.134. The Morgan fingerprint density at radius 2 is 1.67 bits per heavy atom. The topological polar surface area (TPSA) is 121 Å². The Labute approximate surface area is 171 Å². The molecule has 0 aromatic heterocycles. The van der Waals surface area contributed by atoms with Gasteiger partial charge in [-0.05, 0) is 48.0 Å². The highest BCUT2D eigenvalue weighted by atomic mass is 16.7. The number of phenols is 2. The highest BCUT2D eigenvalue weighted by Gasteiger charge is 2.10. The van der Waals surface area contributed by atoms with Gasteiger partial charge in [0.15, 0.2) is 0 Å². The molecule has 8 heteroatoms. The lowest BCUT2D eigenvalue weighted by Gasteiger charge is -2.04. The summed E-state index contributed by atoms with van der Waals surface area (Å²) in [6, 6.07) is 19.2. The van der Waals surface area contributed by atoms with Crippen molar-refractivity contribution >= 4 is 29.3 Å². The Morgan fingerprint density at radius 1 is 0.933 bits per heavy atom. The molecule has 0 bridgehead atoms. The molecule has 0 aliphatic heterocycles. The van der Waals surface area contributed by atoms with Gasteiger partial charge < -0.3 is 15.1 Å². The Morgan fingerprint density at radius 3 is 2.37 bits per heavy atom. The predicted molar refractivity (Wildman–Crippen MR) is 110 cm³/mol. The fourth-order valence-corrected chi connectivity index (χ4v) is 2.33. The number of nitrogens with zero attached hydrogens (tertiary/aromatic N) is 2. The lowest BCUT2D eigenvalue weighted by atomic mass is 10.2. The number of carbonyl (C=O) groups excluding carboxylic acids is 2. The van der Waals surface area contributed by atoms with Gasteiger partial charge in [0.1, 0.15) is 11.5 Å². The predicted octanol–water partition coefficient (Wildman–Crippen LogP) is 4.61. The number of hydrogen-bond donors (Lipinski definition) is 3. The molecule has 30 heavy (non-hydrogen) atoms. The molecule has 0 heterocycles. The largest absolute Gasteiger partial charge is 0.508 e. The molecule has 0 radical (unpaired) electrons. The molecule has 3 aromatic carbocycles. The summed E-state index contributed by atoms with van der Waals surface area (Å²) in [6.45, 7) is 0. The van der Waals surface area contributed by atoms with E-state index < -0.39 is 11.9 Å². The zero-order valence-corrected chi connectivity index (χ0v) is 15.6. The van der Waals surface area contributed by atoms with E-state index >= 15 is 0 Å². The molecule has 0 atom stereocenters. The van der Waals surface area contributed by atoms with Gasteiger partial charge in [0.25, 0.3) is 5.91 Å². The fraction of sp³-hybridized carbons (Fsp3) is 0. The van der Waals surface area contributed by atoms with E-state index in [0.29, 0.717) is 11.4 Å². The summed E-state index contributed by atoms with van der Waals surface area (Å²) in [5, 5.41) is 26.3. The molecule has 1 amide bonds. The van der Waals surface area contributed by atoms with Gasteiger partial charge in [0.05, 0.1) is 16.9 Å². The van der Waals surface area contributed by atoms with Crippen LogP contribution in [0.2, 0.25) is 0 Å². The van der Waals surface area contributed by atoms with Crippen molar-refractivity contribution in [2.75, 3.05) is 5.48 Å². The molecule has 0 unspecified atom stereocenters. The fourth-order valence-electron chi connectivity index (χ4n) is 2.33. The summed E-state index contributed by atoms with van der Waals surface area (Å²) in [4.78, 5) is 28.7. The molecule has 0 aliphatic rings. The number of aromatic hydroxyl groups is 2. The summed E-state index contributed by atoms with van der Waals surface area (Å²) < 4.78 is 0. The standard InChI is InChI=1S/C22H17N3O5/c26-18-11-12-19(20(27)14-18)22(29)24-23-16-7-9-17(10-8-16)25-30-21(28)13-6-15-4-2-1-3-5-15/h1-14,25-27H/b13-6+,24-23?. The van der Waals surface area contributed by atoms with Crippen molar-refractivity contribution in [3.05, 3.63) is 90.0 Å². The zero-order chi connectivity index (χ0) is 21.3. The minimum absolute atomic E-state index is 0.0784. The van der Waals surface area contributed by atoms with Crippen molar-refractivity contribution in [2.24, 2.45) is 10.2 Å². The van der Waals surface area contributed by atoms with Gasteiger partial charge in [-0.1, -0.05) is 30.3 Å². The summed E-state index contributed by atoms with van der Waals surface area (Å²) in [6.07, 6.45) is 2.94. The second-order valence-corrected chi connectivity index (χ2v) is 6.02. The quantitative estimate of drug-likeness (QED) is 0.314. The van der Waals surface area contributed by atoms with Crippen molar-refractivity contribution in [1.82, 2.24) is 0 Å². The first-order valence-corrected chi connectivity index (χ1v) is 8.79. The van der Waals surface area contributed by atoms with Crippen LogP contribution in [0.15, 0.2) is 89.1 Å². The Bertz CT molecular complexity index is 1090. The minimum atomic E-state index is -0.756. The van der Waals surface area contributed by atoms with E-state index in [0.717, 1.165) is 11.6 Å². The van der Waals surface area contributed by atoms with E-state index in [9.17, 15) is 19.8 Å². The van der Waals surface area contributed by atoms with E-state index in [1.807, 2.05) is 30.3 Å². The van der Waals surface area contributed by atoms with Crippen molar-refractivity contribution in [1.29, 1.82) is 0 Å². The molecule has 3 N–H and O–H groups in total. The van der Waals surface area contributed by atoms with Crippen LogP contribution >= 0.6 is 0 Å². The number of hydrogen-bond acceptors (Lipinski definition) is 7. The van der Waals surface area contributed by atoms with Gasteiger partial charge in [0.2, 0.25) is 0 Å². The molecule has 0 fully saturated rings. The number of carbonyl (C=O) groups is 2. The van der Waals surface area contributed by atoms with Crippen molar-refractivity contribution in [3.8, 4) is 11.5 Å². The van der Waals surface area contributed by atoms with Crippen LogP contribution < -0.4 is 5.48 Å². The second-order valence-electron chi connectivity index (χ2n) is 6.02. The number of amides is 1. The molecular formula is C22H17N3O5. The maximum Gasteiger partial charge on any atom is 0.355 e. The lowest BCUT2D eigenvalue weighted by Crippen LogP contribution is -2.07. The number of nitrogens with one attached hydrogen (secondary N) is 1. The number of azo groups is 1. The molecule has 3 rings (SSSR count). The van der Waals surface area contributed by atoms with E-state index in [2.05, 4.69) is 15.7 Å². The number of benzene rings is 3. The van der Waals surface area contributed by atoms with Gasteiger partial charge in [-0.3, -0.25) is 4.79 Å². The normalized spacial score (nSPS) is 10.9. The second kappa shape index (κ2) is 9.65. The van der Waals surface area contributed by atoms with Crippen LogP contribution in [0.1, 0.15) is 15.9 Å². The monoisotopic (exact) mass is 403 g/mol. The van der Waals surface area contributed by atoms with Gasteiger partial charge in [-0.15, -0.1) is 10.2 Å². The SMILES string of the molecule is O=C(/C=C/c1ccccc1)ONc1ccc(N=NC(=O)c2ccc(O)cc2O)cc1. The maximum atomic E-state index is 12.0. The summed E-state index contributed by atoms with van der Waals surface area (Å²) in [5.41, 5.74) is 4.19. The van der Waals surface area contributed by atoms with Gasteiger partial charge in [-0.25, -0.2) is 10.3 Å². The van der Waals surface area contributed by atoms with Crippen LogP contribution in [0, 0.1) is 0 Å². The van der Waals surface area contributed by atoms with Gasteiger partial charge >= 0.3 is 5.97 Å². The van der Waals surface area contributed by atoms with E-state index in [-0.39, 0.29) is 17.1 Å². The van der Waals surface area contributed by atoms with Gasteiger partial charge in [0, 0.05) is 12.1 Å². The van der Waals surface area contributed by atoms with Crippen LogP contribution in [0.4, 0.5) is 11.4 Å². The molecule has 0 spiro atoms. The smallest absolute Gasteiger partial charge is 0.355 e. The first-order valence-electron chi connectivity index (χ1n) is 8.79. The number of anilines is 1. The maximum absolute atomic E-state index is 12.0. The molecule has 3 aromatic rings. The van der Waals surface area contributed by atoms with E-state index in [1.165, 1.54) is 18.2 Å². The highest BCUT2D eigenvalue weighted by molar-refractivity contribution is 5.97. The van der Waals surface area contributed by atoms with Crippen molar-refractivity contribution in [2.45, 2.75) is 0 Å². The average molecular weight is 403 g/mol. The molecule has 8 nitrogen and oxygen atoms in total. The molecular weight excluding hydrogens is 386 g/mol. The van der Waals surface area contributed by atoms with Crippen molar-refractivity contribution in [3.63, 3.8) is 0 Å². The third kappa shape index (κ3) is 5.77. The third-order valence-electron chi connectivity index (χ3n) is 3.82. The number of phenolic OH excluding ortho intramolecular Hbond substituents is 2. The zero-order valence-electron chi connectivity index (χ0n) is 15.6. The van der Waals surface area contributed by atoms with E-state index in [1.54, 1.807) is 30.3 Å². The number of rotatable bonds is 6. The minimum Gasteiger partial charge on any atom is -0.508 e. The molecule has 0 saturated carbocycles. The molecule has 0 saturated heterocycles. The molecule has 150 valence electrons. The first kappa shape index (κ1) is 20.3.